The van der Waals surface area contributed by atoms with E-state index >= 15 is 0 Å². The average molecular weight is 302 g/mol. The molecule has 0 fully saturated rings. The van der Waals surface area contributed by atoms with Gasteiger partial charge in [-0.3, -0.25) is 0 Å². The molecule has 2 N–H and O–H groups in total. The number of hydrogen-bond donors (Lipinski definition) is 2. The summed E-state index contributed by atoms with van der Waals surface area (Å²) in [6.45, 7) is 4.13. The van der Waals surface area contributed by atoms with Gasteiger partial charge in [-0.1, -0.05) is 25.4 Å². The van der Waals surface area contributed by atoms with E-state index in [1.165, 1.54) is 6.33 Å². The van der Waals surface area contributed by atoms with Crippen molar-refractivity contribution < 1.29 is 0 Å². The molecule has 0 bridgehead atoms. The molecule has 5 nitrogen and oxygen atoms in total. The lowest BCUT2D eigenvalue weighted by atomic mass is 10.0. The van der Waals surface area contributed by atoms with E-state index in [1.807, 2.05) is 7.05 Å². The summed E-state index contributed by atoms with van der Waals surface area (Å²) < 4.78 is 0. The van der Waals surface area contributed by atoms with Gasteiger partial charge in [-0.25, -0.2) is 9.97 Å². The molecule has 0 saturated heterocycles. The first-order valence-electron chi connectivity index (χ1n) is 6.56. The summed E-state index contributed by atoms with van der Waals surface area (Å²) in [6, 6.07) is 7.17. The first kappa shape index (κ1) is 15.1. The Kier molecular flexibility index (Phi) is 4.61. The average Bonchev–Trinajstić information content (AvgIpc) is 2.48. The minimum absolute atomic E-state index is 0.231. The van der Waals surface area contributed by atoms with Crippen molar-refractivity contribution in [3.63, 3.8) is 0 Å². The monoisotopic (exact) mass is 301 g/mol. The topological polar surface area (TPSA) is 73.6 Å². The molecule has 0 aliphatic rings. The number of nitriles is 1. The van der Waals surface area contributed by atoms with Gasteiger partial charge in [-0.05, 0) is 24.1 Å². The van der Waals surface area contributed by atoms with Gasteiger partial charge < -0.3 is 10.6 Å². The van der Waals surface area contributed by atoms with E-state index in [0.29, 0.717) is 22.1 Å². The van der Waals surface area contributed by atoms with Gasteiger partial charge in [-0.15, -0.1) is 0 Å². The summed E-state index contributed by atoms with van der Waals surface area (Å²) in [6.07, 6.45) is 1.49. The smallest absolute Gasteiger partial charge is 0.139 e. The first-order valence-corrected chi connectivity index (χ1v) is 6.94. The summed E-state index contributed by atoms with van der Waals surface area (Å²) in [5, 5.41) is 15.8. The fourth-order valence-electron chi connectivity index (χ4n) is 2.06. The molecule has 108 valence electrons. The number of anilines is 3. The Hall–Kier alpha value is -2.32. The normalized spacial score (nSPS) is 10.3. The van der Waals surface area contributed by atoms with Crippen LogP contribution in [0, 0.1) is 11.3 Å². The van der Waals surface area contributed by atoms with E-state index in [1.54, 1.807) is 18.2 Å². The quantitative estimate of drug-likeness (QED) is 0.895. The summed E-state index contributed by atoms with van der Waals surface area (Å²) in [5.74, 6) is 1.69. The number of nitrogens with one attached hydrogen (secondary N) is 2. The van der Waals surface area contributed by atoms with Crippen LogP contribution in [0.25, 0.3) is 0 Å². The van der Waals surface area contributed by atoms with Crippen LogP contribution in [0.2, 0.25) is 5.02 Å². The van der Waals surface area contributed by atoms with Crippen LogP contribution in [0.4, 0.5) is 17.3 Å². The molecule has 0 spiro atoms. The standard InChI is InChI=1S/C15H16ClN5/c1-9(2)13-14(18-3)19-8-20-15(13)21-12-6-10(7-17)4-5-11(12)16/h4-6,8-9H,1-3H3,(H2,18,19,20,21). The Morgan fingerprint density at radius 3 is 2.57 bits per heavy atom. The van der Waals surface area contributed by atoms with Crippen LogP contribution in [-0.2, 0) is 0 Å². The molecule has 0 atom stereocenters. The van der Waals surface area contributed by atoms with Crippen LogP contribution in [-0.4, -0.2) is 17.0 Å². The maximum atomic E-state index is 8.99. The molecule has 0 aliphatic heterocycles. The lowest BCUT2D eigenvalue weighted by Crippen LogP contribution is -2.07. The highest BCUT2D eigenvalue weighted by atomic mass is 35.5. The molecule has 0 unspecified atom stereocenters. The molecule has 0 amide bonds. The Morgan fingerprint density at radius 1 is 1.24 bits per heavy atom. The number of hydrogen-bond acceptors (Lipinski definition) is 5. The SMILES string of the molecule is CNc1ncnc(Nc2cc(C#N)ccc2Cl)c1C(C)C. The molecule has 0 saturated carbocycles. The van der Waals surface area contributed by atoms with Gasteiger partial charge in [-0.2, -0.15) is 5.26 Å². The van der Waals surface area contributed by atoms with Crippen molar-refractivity contribution in [1.82, 2.24) is 9.97 Å². The van der Waals surface area contributed by atoms with Crippen molar-refractivity contribution in [2.75, 3.05) is 17.7 Å². The number of nitrogens with zero attached hydrogens (tertiary/aromatic N) is 3. The van der Waals surface area contributed by atoms with Gasteiger partial charge >= 0.3 is 0 Å². The van der Waals surface area contributed by atoms with Crippen molar-refractivity contribution in [2.24, 2.45) is 0 Å². The molecular formula is C15H16ClN5. The molecule has 1 aromatic heterocycles. The second kappa shape index (κ2) is 6.42. The second-order valence-electron chi connectivity index (χ2n) is 4.82. The maximum absolute atomic E-state index is 8.99. The van der Waals surface area contributed by atoms with Gasteiger partial charge in [0.25, 0.3) is 0 Å². The fourth-order valence-corrected chi connectivity index (χ4v) is 2.22. The summed E-state index contributed by atoms with van der Waals surface area (Å²) in [5.41, 5.74) is 2.16. The molecular weight excluding hydrogens is 286 g/mol. The van der Waals surface area contributed by atoms with Crippen LogP contribution < -0.4 is 10.6 Å². The molecule has 6 heteroatoms. The van der Waals surface area contributed by atoms with Crippen LogP contribution in [0.1, 0.15) is 30.9 Å². The predicted octanol–water partition coefficient (Wildman–Crippen LogP) is 3.91. The van der Waals surface area contributed by atoms with Gasteiger partial charge in [0.2, 0.25) is 0 Å². The molecule has 1 aromatic carbocycles. The van der Waals surface area contributed by atoms with E-state index in [4.69, 9.17) is 16.9 Å². The third-order valence-corrected chi connectivity index (χ3v) is 3.38. The van der Waals surface area contributed by atoms with Crippen molar-refractivity contribution in [1.29, 1.82) is 5.26 Å². The highest BCUT2D eigenvalue weighted by Crippen LogP contribution is 2.32. The summed E-state index contributed by atoms with van der Waals surface area (Å²) in [7, 11) is 1.82. The summed E-state index contributed by atoms with van der Waals surface area (Å²) in [4.78, 5) is 8.53. The third kappa shape index (κ3) is 3.23. The highest BCUT2D eigenvalue weighted by Gasteiger charge is 2.15. The number of halogens is 1. The van der Waals surface area contributed by atoms with Crippen molar-refractivity contribution >= 4 is 28.9 Å². The van der Waals surface area contributed by atoms with Gasteiger partial charge in [0.1, 0.15) is 18.0 Å². The number of benzene rings is 1. The minimum Gasteiger partial charge on any atom is -0.373 e. The Morgan fingerprint density at radius 2 is 1.95 bits per heavy atom. The summed E-state index contributed by atoms with van der Waals surface area (Å²) >= 11 is 6.18. The van der Waals surface area contributed by atoms with Crippen LogP contribution in [0.15, 0.2) is 24.5 Å². The van der Waals surface area contributed by atoms with E-state index in [0.717, 1.165) is 11.4 Å². The predicted molar refractivity (Wildman–Crippen MR) is 85.1 cm³/mol. The third-order valence-electron chi connectivity index (χ3n) is 3.05. The first-order chi connectivity index (χ1) is 10.1. The maximum Gasteiger partial charge on any atom is 0.139 e. The zero-order valence-corrected chi connectivity index (χ0v) is 12.9. The molecule has 2 aromatic rings. The largest absolute Gasteiger partial charge is 0.373 e. The Bertz CT molecular complexity index is 691. The number of rotatable bonds is 4. The lowest BCUT2D eigenvalue weighted by Gasteiger charge is -2.17. The zero-order valence-electron chi connectivity index (χ0n) is 12.1. The zero-order chi connectivity index (χ0) is 15.4. The van der Waals surface area contributed by atoms with Crippen molar-refractivity contribution in [3.8, 4) is 6.07 Å². The molecule has 1 heterocycles. The molecule has 21 heavy (non-hydrogen) atoms. The van der Waals surface area contributed by atoms with Crippen molar-refractivity contribution in [2.45, 2.75) is 19.8 Å². The fraction of sp³-hybridized carbons (Fsp3) is 0.267. The highest BCUT2D eigenvalue weighted by molar-refractivity contribution is 6.33. The van der Waals surface area contributed by atoms with Crippen molar-refractivity contribution in [3.05, 3.63) is 40.7 Å². The van der Waals surface area contributed by atoms with Crippen LogP contribution in [0.5, 0.6) is 0 Å². The number of aromatic nitrogens is 2. The van der Waals surface area contributed by atoms with Crippen LogP contribution >= 0.6 is 11.6 Å². The van der Waals surface area contributed by atoms with E-state index in [-0.39, 0.29) is 5.92 Å². The van der Waals surface area contributed by atoms with Gasteiger partial charge in [0.05, 0.1) is 22.3 Å². The van der Waals surface area contributed by atoms with E-state index in [2.05, 4.69) is 40.5 Å². The van der Waals surface area contributed by atoms with Crippen LogP contribution in [0.3, 0.4) is 0 Å². The van der Waals surface area contributed by atoms with E-state index in [9.17, 15) is 0 Å². The van der Waals surface area contributed by atoms with Gasteiger partial charge in [0.15, 0.2) is 0 Å². The Labute approximate surface area is 129 Å². The molecule has 0 radical (unpaired) electrons. The minimum atomic E-state index is 0.231. The molecule has 2 rings (SSSR count). The van der Waals surface area contributed by atoms with Gasteiger partial charge in [0, 0.05) is 12.6 Å². The Balaban J connectivity index is 2.47. The van der Waals surface area contributed by atoms with E-state index < -0.39 is 0 Å². The second-order valence-corrected chi connectivity index (χ2v) is 5.23. The lowest BCUT2D eigenvalue weighted by molar-refractivity contribution is 0.852. The molecule has 0 aliphatic carbocycles.